The minimum absolute atomic E-state index is 0.360. The van der Waals surface area contributed by atoms with Crippen LogP contribution in [0.1, 0.15) is 20.3 Å². The van der Waals surface area contributed by atoms with E-state index in [0.717, 1.165) is 5.33 Å². The molecule has 1 atom stereocenters. The van der Waals surface area contributed by atoms with Gasteiger partial charge in [-0.25, -0.2) is 0 Å². The van der Waals surface area contributed by atoms with E-state index in [-0.39, 0.29) is 0 Å². The van der Waals surface area contributed by atoms with E-state index in [1.165, 1.54) is 12.0 Å². The molecule has 1 rings (SSSR count). The first-order valence-corrected chi connectivity index (χ1v) is 4.69. The zero-order valence-corrected chi connectivity index (χ0v) is 8.11. The molecule has 56 valence electrons. The van der Waals surface area contributed by atoms with Crippen LogP contribution in [0.5, 0.6) is 0 Å². The molecule has 0 radical (unpaired) electrons. The van der Waals surface area contributed by atoms with Gasteiger partial charge in [0, 0.05) is 5.33 Å². The summed E-state index contributed by atoms with van der Waals surface area (Å²) in [6.07, 6.45) is 7.80. The van der Waals surface area contributed by atoms with E-state index in [4.69, 9.17) is 0 Å². The average Bonchev–Trinajstić information content (AvgIpc) is 1.88. The number of alkyl halides is 1. The van der Waals surface area contributed by atoms with Crippen molar-refractivity contribution < 1.29 is 0 Å². The van der Waals surface area contributed by atoms with Crippen molar-refractivity contribution in [2.75, 3.05) is 5.33 Å². The lowest BCUT2D eigenvalue weighted by atomic mass is 9.83. The van der Waals surface area contributed by atoms with Crippen LogP contribution < -0.4 is 0 Å². The van der Waals surface area contributed by atoms with Crippen LogP contribution in [0, 0.1) is 5.41 Å². The van der Waals surface area contributed by atoms with Crippen LogP contribution in [0.15, 0.2) is 23.8 Å². The van der Waals surface area contributed by atoms with Gasteiger partial charge in [-0.1, -0.05) is 46.7 Å². The molecule has 1 heteroatoms. The molecule has 0 fully saturated rings. The minimum Gasteiger partial charge on any atom is -0.0919 e. The van der Waals surface area contributed by atoms with Crippen molar-refractivity contribution in [2.45, 2.75) is 20.3 Å². The Morgan fingerprint density at radius 3 is 2.80 bits per heavy atom. The lowest BCUT2D eigenvalue weighted by Gasteiger charge is -2.25. The van der Waals surface area contributed by atoms with Crippen molar-refractivity contribution in [1.82, 2.24) is 0 Å². The highest BCUT2D eigenvalue weighted by Crippen LogP contribution is 2.32. The van der Waals surface area contributed by atoms with Crippen molar-refractivity contribution in [1.29, 1.82) is 0 Å². The molecular weight excluding hydrogens is 188 g/mol. The monoisotopic (exact) mass is 200 g/mol. The van der Waals surface area contributed by atoms with Gasteiger partial charge in [0.2, 0.25) is 0 Å². The second-order valence-electron chi connectivity index (χ2n) is 3.34. The third-order valence-electron chi connectivity index (χ3n) is 1.87. The summed E-state index contributed by atoms with van der Waals surface area (Å²) < 4.78 is 0. The standard InChI is InChI=1S/C9H13Br/c1-8-4-3-5-9(2,6-8)7-10/h3-5H,6-7H2,1-2H3. The quantitative estimate of drug-likeness (QED) is 0.571. The predicted molar refractivity (Wildman–Crippen MR) is 49.4 cm³/mol. The molecule has 0 saturated carbocycles. The average molecular weight is 201 g/mol. The summed E-state index contributed by atoms with van der Waals surface area (Å²) in [7, 11) is 0. The Morgan fingerprint density at radius 1 is 1.70 bits per heavy atom. The molecule has 0 saturated heterocycles. The summed E-state index contributed by atoms with van der Waals surface area (Å²) in [5, 5.41) is 1.06. The molecule has 0 spiro atoms. The van der Waals surface area contributed by atoms with Crippen molar-refractivity contribution in [3.8, 4) is 0 Å². The fourth-order valence-corrected chi connectivity index (χ4v) is 1.68. The number of hydrogen-bond acceptors (Lipinski definition) is 0. The lowest BCUT2D eigenvalue weighted by molar-refractivity contribution is 0.484. The van der Waals surface area contributed by atoms with Crippen LogP contribution in [0.3, 0.4) is 0 Å². The van der Waals surface area contributed by atoms with Gasteiger partial charge in [0.05, 0.1) is 0 Å². The van der Waals surface area contributed by atoms with E-state index < -0.39 is 0 Å². The Hall–Kier alpha value is -0.0400. The maximum atomic E-state index is 3.52. The van der Waals surface area contributed by atoms with Crippen LogP contribution >= 0.6 is 15.9 Å². The molecule has 0 nitrogen and oxygen atoms in total. The van der Waals surface area contributed by atoms with Crippen LogP contribution in [-0.2, 0) is 0 Å². The molecule has 1 unspecified atom stereocenters. The maximum absolute atomic E-state index is 3.52. The summed E-state index contributed by atoms with van der Waals surface area (Å²) in [4.78, 5) is 0. The number of allylic oxidation sites excluding steroid dienone is 4. The van der Waals surface area contributed by atoms with Crippen LogP contribution in [-0.4, -0.2) is 5.33 Å². The van der Waals surface area contributed by atoms with E-state index in [2.05, 4.69) is 48.0 Å². The van der Waals surface area contributed by atoms with Gasteiger partial charge in [0.25, 0.3) is 0 Å². The smallest absolute Gasteiger partial charge is 0.0123 e. The Balaban J connectivity index is 2.71. The second kappa shape index (κ2) is 2.91. The molecule has 0 aliphatic heterocycles. The van der Waals surface area contributed by atoms with Crippen LogP contribution in [0.25, 0.3) is 0 Å². The van der Waals surface area contributed by atoms with Gasteiger partial charge in [0.1, 0.15) is 0 Å². The largest absolute Gasteiger partial charge is 0.0919 e. The highest BCUT2D eigenvalue weighted by atomic mass is 79.9. The Bertz CT molecular complexity index is 179. The summed E-state index contributed by atoms with van der Waals surface area (Å²) in [6, 6.07) is 0. The molecule has 0 aromatic carbocycles. The van der Waals surface area contributed by atoms with Crippen molar-refractivity contribution >= 4 is 15.9 Å². The summed E-state index contributed by atoms with van der Waals surface area (Å²) in [5.74, 6) is 0. The van der Waals surface area contributed by atoms with Gasteiger partial charge in [0.15, 0.2) is 0 Å². The van der Waals surface area contributed by atoms with Gasteiger partial charge in [-0.2, -0.15) is 0 Å². The van der Waals surface area contributed by atoms with E-state index >= 15 is 0 Å². The topological polar surface area (TPSA) is 0 Å². The SMILES string of the molecule is CC1=CC=CC(C)(CBr)C1. The first-order valence-electron chi connectivity index (χ1n) is 3.57. The molecule has 0 aromatic rings. The van der Waals surface area contributed by atoms with E-state index in [1.807, 2.05) is 0 Å². The van der Waals surface area contributed by atoms with E-state index in [0.29, 0.717) is 5.41 Å². The second-order valence-corrected chi connectivity index (χ2v) is 3.90. The maximum Gasteiger partial charge on any atom is 0.0123 e. The normalized spacial score (nSPS) is 32.1. The lowest BCUT2D eigenvalue weighted by Crippen LogP contribution is -2.16. The fourth-order valence-electron chi connectivity index (χ4n) is 1.29. The van der Waals surface area contributed by atoms with Gasteiger partial charge in [-0.05, 0) is 18.8 Å². The molecule has 10 heavy (non-hydrogen) atoms. The van der Waals surface area contributed by atoms with Gasteiger partial charge in [-0.3, -0.25) is 0 Å². The van der Waals surface area contributed by atoms with Crippen molar-refractivity contribution in [3.63, 3.8) is 0 Å². The predicted octanol–water partition coefficient (Wildman–Crippen LogP) is 3.29. The van der Waals surface area contributed by atoms with E-state index in [9.17, 15) is 0 Å². The molecule has 0 N–H and O–H groups in total. The van der Waals surface area contributed by atoms with Crippen LogP contribution in [0.2, 0.25) is 0 Å². The zero-order chi connectivity index (χ0) is 7.61. The third kappa shape index (κ3) is 1.72. The summed E-state index contributed by atoms with van der Waals surface area (Å²) in [5.41, 5.74) is 1.84. The highest BCUT2D eigenvalue weighted by molar-refractivity contribution is 9.09. The van der Waals surface area contributed by atoms with Gasteiger partial charge < -0.3 is 0 Å². The Kier molecular flexibility index (Phi) is 2.35. The number of halogens is 1. The minimum atomic E-state index is 0.360. The fraction of sp³-hybridized carbons (Fsp3) is 0.556. The molecule has 1 aliphatic carbocycles. The first kappa shape index (κ1) is 8.06. The molecule has 0 aromatic heterocycles. The molecule has 0 amide bonds. The Morgan fingerprint density at radius 2 is 2.40 bits per heavy atom. The highest BCUT2D eigenvalue weighted by Gasteiger charge is 2.21. The molecule has 0 bridgehead atoms. The molecule has 0 heterocycles. The number of rotatable bonds is 1. The van der Waals surface area contributed by atoms with Crippen LogP contribution in [0.4, 0.5) is 0 Å². The third-order valence-corrected chi connectivity index (χ3v) is 3.15. The Labute approximate surface area is 71.1 Å². The molecular formula is C9H13Br. The zero-order valence-electron chi connectivity index (χ0n) is 6.52. The van der Waals surface area contributed by atoms with E-state index in [1.54, 1.807) is 0 Å². The molecule has 1 aliphatic rings. The van der Waals surface area contributed by atoms with Gasteiger partial charge >= 0.3 is 0 Å². The first-order chi connectivity index (χ1) is 4.66. The summed E-state index contributed by atoms with van der Waals surface area (Å²) >= 11 is 3.52. The van der Waals surface area contributed by atoms with Gasteiger partial charge in [-0.15, -0.1) is 0 Å². The van der Waals surface area contributed by atoms with Crippen molar-refractivity contribution in [3.05, 3.63) is 23.8 Å². The summed E-state index contributed by atoms with van der Waals surface area (Å²) in [6.45, 7) is 4.46. The van der Waals surface area contributed by atoms with Crippen molar-refractivity contribution in [2.24, 2.45) is 5.41 Å². The number of hydrogen-bond donors (Lipinski definition) is 0.